The fraction of sp³-hybridized carbons (Fsp3) is 1.00. The van der Waals surface area contributed by atoms with Gasteiger partial charge in [0.1, 0.15) is 0 Å². The van der Waals surface area contributed by atoms with E-state index >= 15 is 0 Å². The highest BCUT2D eigenvalue weighted by Gasteiger charge is 2.10. The summed E-state index contributed by atoms with van der Waals surface area (Å²) in [4.78, 5) is 0. The van der Waals surface area contributed by atoms with E-state index in [1.54, 1.807) is 0 Å². The molecule has 1 aliphatic heterocycles. The molecule has 1 rings (SSSR count). The summed E-state index contributed by atoms with van der Waals surface area (Å²) in [6.07, 6.45) is 4.03. The molecule has 11 heavy (non-hydrogen) atoms. The molecule has 0 spiro atoms. The van der Waals surface area contributed by atoms with Gasteiger partial charge in [-0.15, -0.1) is 0 Å². The molecule has 0 aromatic carbocycles. The lowest BCUT2D eigenvalue weighted by atomic mass is 10.2. The zero-order valence-corrected chi connectivity index (χ0v) is 7.34. The van der Waals surface area contributed by atoms with Crippen molar-refractivity contribution in [3.05, 3.63) is 0 Å². The maximum Gasteiger partial charge on any atom is 0.0309 e. The van der Waals surface area contributed by atoms with Crippen LogP contribution in [0.3, 0.4) is 0 Å². The van der Waals surface area contributed by atoms with Crippen LogP contribution >= 0.6 is 0 Å². The van der Waals surface area contributed by atoms with Crippen LogP contribution in [0.15, 0.2) is 0 Å². The summed E-state index contributed by atoms with van der Waals surface area (Å²) in [6.45, 7) is 5.21. The zero-order chi connectivity index (χ0) is 8.10. The highest BCUT2D eigenvalue weighted by Crippen LogP contribution is 2.05. The smallest absolute Gasteiger partial charge is 0.0309 e. The second-order valence-corrected chi connectivity index (χ2v) is 3.31. The second kappa shape index (κ2) is 4.70. The maximum atomic E-state index is 5.50. The third kappa shape index (κ3) is 3.18. The molecule has 0 saturated carbocycles. The third-order valence-electron chi connectivity index (χ3n) is 2.11. The Morgan fingerprint density at radius 1 is 1.36 bits per heavy atom. The Morgan fingerprint density at radius 2 is 2.00 bits per heavy atom. The van der Waals surface area contributed by atoms with Crippen LogP contribution in [0.4, 0.5) is 0 Å². The molecule has 3 N–H and O–H groups in total. The number of nitrogens with zero attached hydrogens (tertiary/aromatic N) is 1. The first-order valence-corrected chi connectivity index (χ1v) is 4.54. The van der Waals surface area contributed by atoms with Crippen LogP contribution in [0.2, 0.25) is 0 Å². The second-order valence-electron chi connectivity index (χ2n) is 3.31. The molecule has 0 aliphatic carbocycles. The summed E-state index contributed by atoms with van der Waals surface area (Å²) in [5, 5.41) is 2.29. The normalized spacial score (nSPS) is 23.5. The topological polar surface area (TPSA) is 41.3 Å². The quantitative estimate of drug-likeness (QED) is 0.620. The van der Waals surface area contributed by atoms with Crippen molar-refractivity contribution in [3.8, 4) is 0 Å². The maximum absolute atomic E-state index is 5.50. The van der Waals surface area contributed by atoms with Crippen molar-refractivity contribution in [2.75, 3.05) is 19.6 Å². The van der Waals surface area contributed by atoms with Crippen molar-refractivity contribution in [1.29, 1.82) is 0 Å². The first-order chi connectivity index (χ1) is 5.33. The van der Waals surface area contributed by atoms with Crippen molar-refractivity contribution in [3.63, 3.8) is 0 Å². The molecule has 1 unspecified atom stereocenters. The van der Waals surface area contributed by atoms with Gasteiger partial charge in [-0.3, -0.25) is 5.43 Å². The van der Waals surface area contributed by atoms with E-state index in [-0.39, 0.29) is 0 Å². The van der Waals surface area contributed by atoms with Gasteiger partial charge in [0.05, 0.1) is 0 Å². The van der Waals surface area contributed by atoms with Gasteiger partial charge in [0, 0.05) is 25.7 Å². The molecule has 0 amide bonds. The van der Waals surface area contributed by atoms with Crippen LogP contribution in [0, 0.1) is 0 Å². The first kappa shape index (κ1) is 8.97. The van der Waals surface area contributed by atoms with Crippen LogP contribution in [0.5, 0.6) is 0 Å². The number of piperidine rings is 1. The Kier molecular flexibility index (Phi) is 3.83. The molecule has 0 bridgehead atoms. The van der Waals surface area contributed by atoms with E-state index < -0.39 is 0 Å². The lowest BCUT2D eigenvalue weighted by Gasteiger charge is -2.29. The summed E-state index contributed by atoms with van der Waals surface area (Å²) in [6, 6.07) is 0.424. The minimum atomic E-state index is 0.424. The number of hydrogen-bond acceptors (Lipinski definition) is 3. The molecule has 0 aromatic heterocycles. The van der Waals surface area contributed by atoms with Crippen molar-refractivity contribution < 1.29 is 0 Å². The van der Waals surface area contributed by atoms with Crippen LogP contribution < -0.4 is 11.2 Å². The Labute approximate surface area is 68.9 Å². The van der Waals surface area contributed by atoms with Crippen molar-refractivity contribution in [2.24, 2.45) is 5.73 Å². The molecule has 1 atom stereocenters. The van der Waals surface area contributed by atoms with Gasteiger partial charge in [0.25, 0.3) is 0 Å². The van der Waals surface area contributed by atoms with E-state index in [1.807, 2.05) is 0 Å². The van der Waals surface area contributed by atoms with Gasteiger partial charge in [0.2, 0.25) is 0 Å². The number of nitrogens with two attached hydrogens (primary N) is 1. The molecular weight excluding hydrogens is 138 g/mol. The van der Waals surface area contributed by atoms with Crippen molar-refractivity contribution in [2.45, 2.75) is 32.2 Å². The summed E-state index contributed by atoms with van der Waals surface area (Å²) in [7, 11) is 0. The van der Waals surface area contributed by atoms with E-state index in [0.29, 0.717) is 6.04 Å². The van der Waals surface area contributed by atoms with Crippen LogP contribution in [-0.2, 0) is 0 Å². The van der Waals surface area contributed by atoms with E-state index in [9.17, 15) is 0 Å². The van der Waals surface area contributed by atoms with Gasteiger partial charge in [-0.1, -0.05) is 6.42 Å². The average molecular weight is 157 g/mol. The molecule has 3 nitrogen and oxygen atoms in total. The summed E-state index contributed by atoms with van der Waals surface area (Å²) in [5.41, 5.74) is 8.88. The molecule has 1 aliphatic rings. The zero-order valence-electron chi connectivity index (χ0n) is 7.34. The van der Waals surface area contributed by atoms with E-state index in [0.717, 1.165) is 6.54 Å². The Hall–Kier alpha value is -0.120. The van der Waals surface area contributed by atoms with Gasteiger partial charge >= 0.3 is 0 Å². The predicted octanol–water partition coefficient (Wildman–Crippen LogP) is 0.324. The lowest BCUT2D eigenvalue weighted by Crippen LogP contribution is -2.48. The van der Waals surface area contributed by atoms with Gasteiger partial charge < -0.3 is 5.73 Å². The molecule has 3 heteroatoms. The average Bonchev–Trinajstić information content (AvgIpc) is 2.06. The number of rotatable bonds is 3. The standard InChI is InChI=1S/C8H19N3/c1-8(7-9)10-11-5-3-2-4-6-11/h8,10H,2-7,9H2,1H3. The van der Waals surface area contributed by atoms with E-state index in [2.05, 4.69) is 17.4 Å². The third-order valence-corrected chi connectivity index (χ3v) is 2.11. The van der Waals surface area contributed by atoms with Gasteiger partial charge in [0.15, 0.2) is 0 Å². The number of nitrogens with one attached hydrogen (secondary N) is 1. The van der Waals surface area contributed by atoms with E-state index in [1.165, 1.54) is 32.4 Å². The Balaban J connectivity index is 2.13. The van der Waals surface area contributed by atoms with Crippen LogP contribution in [0.1, 0.15) is 26.2 Å². The van der Waals surface area contributed by atoms with Gasteiger partial charge in [-0.2, -0.15) is 0 Å². The molecule has 1 fully saturated rings. The largest absolute Gasteiger partial charge is 0.329 e. The van der Waals surface area contributed by atoms with Crippen molar-refractivity contribution in [1.82, 2.24) is 10.4 Å². The molecule has 0 aromatic rings. The minimum Gasteiger partial charge on any atom is -0.329 e. The Morgan fingerprint density at radius 3 is 2.55 bits per heavy atom. The molecule has 0 radical (unpaired) electrons. The van der Waals surface area contributed by atoms with E-state index in [4.69, 9.17) is 5.73 Å². The number of hydrazine groups is 1. The summed E-state index contributed by atoms with van der Waals surface area (Å²) in [5.74, 6) is 0. The number of hydrogen-bond donors (Lipinski definition) is 2. The summed E-state index contributed by atoms with van der Waals surface area (Å²) >= 11 is 0. The van der Waals surface area contributed by atoms with Crippen LogP contribution in [-0.4, -0.2) is 30.7 Å². The monoisotopic (exact) mass is 157 g/mol. The highest BCUT2D eigenvalue weighted by atomic mass is 15.5. The van der Waals surface area contributed by atoms with Gasteiger partial charge in [-0.25, -0.2) is 5.01 Å². The summed E-state index contributed by atoms with van der Waals surface area (Å²) < 4.78 is 0. The van der Waals surface area contributed by atoms with Crippen molar-refractivity contribution >= 4 is 0 Å². The molecule has 1 heterocycles. The molecular formula is C8H19N3. The van der Waals surface area contributed by atoms with Crippen LogP contribution in [0.25, 0.3) is 0 Å². The molecule has 66 valence electrons. The minimum absolute atomic E-state index is 0.424. The molecule has 1 saturated heterocycles. The fourth-order valence-electron chi connectivity index (χ4n) is 1.39. The van der Waals surface area contributed by atoms with Gasteiger partial charge in [-0.05, 0) is 19.8 Å². The SMILES string of the molecule is CC(CN)NN1CCCCC1. The highest BCUT2D eigenvalue weighted by molar-refractivity contribution is 4.64. The fourth-order valence-corrected chi connectivity index (χ4v) is 1.39. The first-order valence-electron chi connectivity index (χ1n) is 4.54. The predicted molar refractivity (Wildman–Crippen MR) is 47.1 cm³/mol. The Bertz CT molecular complexity index is 99.5. The lowest BCUT2D eigenvalue weighted by molar-refractivity contribution is 0.135.